The molecule has 6 nitrogen and oxygen atoms in total. The smallest absolute Gasteiger partial charge is 0.220 e. The lowest BCUT2D eigenvalue weighted by atomic mass is 9.67. The van der Waals surface area contributed by atoms with Gasteiger partial charge in [0.05, 0.1) is 0 Å². The van der Waals surface area contributed by atoms with Gasteiger partial charge in [-0.25, -0.2) is 0 Å². The van der Waals surface area contributed by atoms with Crippen molar-refractivity contribution < 1.29 is 9.53 Å². The summed E-state index contributed by atoms with van der Waals surface area (Å²) in [7, 11) is 1.77. The van der Waals surface area contributed by atoms with Gasteiger partial charge in [0.15, 0.2) is 5.96 Å². The Morgan fingerprint density at radius 2 is 1.81 bits per heavy atom. The fourth-order valence-electron chi connectivity index (χ4n) is 4.18. The standard InChI is InChI=1S/C21H40N4O2/c1-3-22-20(25-17-21(10-7-11-21)12-15-27-2)24-14-13-23-19(26)16-18-8-5-4-6-9-18/h18H,3-17H2,1-2H3,(H,23,26)(H2,22,24,25). The molecule has 27 heavy (non-hydrogen) atoms. The van der Waals surface area contributed by atoms with Crippen LogP contribution in [0.2, 0.25) is 0 Å². The third-order valence-electron chi connectivity index (χ3n) is 6.11. The number of aliphatic imine (C=N–C) groups is 1. The minimum atomic E-state index is 0.193. The summed E-state index contributed by atoms with van der Waals surface area (Å²) in [6.45, 7) is 5.92. The summed E-state index contributed by atoms with van der Waals surface area (Å²) < 4.78 is 5.26. The second kappa shape index (κ2) is 12.2. The van der Waals surface area contributed by atoms with E-state index in [9.17, 15) is 4.79 Å². The fourth-order valence-corrected chi connectivity index (χ4v) is 4.18. The minimum Gasteiger partial charge on any atom is -0.385 e. The van der Waals surface area contributed by atoms with Gasteiger partial charge in [-0.1, -0.05) is 25.7 Å². The Balaban J connectivity index is 1.66. The van der Waals surface area contributed by atoms with Crippen molar-refractivity contribution in [2.45, 2.75) is 71.1 Å². The summed E-state index contributed by atoms with van der Waals surface area (Å²) >= 11 is 0. The number of hydrogen-bond donors (Lipinski definition) is 3. The van der Waals surface area contributed by atoms with Crippen LogP contribution in [0, 0.1) is 11.3 Å². The first-order chi connectivity index (χ1) is 13.2. The molecule has 0 radical (unpaired) electrons. The van der Waals surface area contributed by atoms with Crippen LogP contribution in [-0.4, -0.2) is 51.8 Å². The molecule has 2 rings (SSSR count). The summed E-state index contributed by atoms with van der Waals surface area (Å²) in [5.41, 5.74) is 0.326. The molecule has 0 aromatic heterocycles. The molecule has 0 aromatic rings. The number of methoxy groups -OCH3 is 1. The van der Waals surface area contributed by atoms with Crippen LogP contribution in [0.25, 0.3) is 0 Å². The Morgan fingerprint density at radius 1 is 1.07 bits per heavy atom. The lowest BCUT2D eigenvalue weighted by Crippen LogP contribution is -2.43. The Labute approximate surface area is 165 Å². The van der Waals surface area contributed by atoms with Crippen LogP contribution >= 0.6 is 0 Å². The van der Waals surface area contributed by atoms with E-state index >= 15 is 0 Å². The summed E-state index contributed by atoms with van der Waals surface area (Å²) in [6, 6.07) is 0. The molecule has 2 aliphatic carbocycles. The summed E-state index contributed by atoms with van der Waals surface area (Å²) in [5, 5.41) is 9.71. The molecule has 1 amide bonds. The maximum Gasteiger partial charge on any atom is 0.220 e. The predicted molar refractivity (Wildman–Crippen MR) is 111 cm³/mol. The van der Waals surface area contributed by atoms with Crippen LogP contribution in [0.4, 0.5) is 0 Å². The minimum absolute atomic E-state index is 0.193. The van der Waals surface area contributed by atoms with Gasteiger partial charge in [-0.3, -0.25) is 9.79 Å². The zero-order valence-electron chi connectivity index (χ0n) is 17.4. The zero-order valence-corrected chi connectivity index (χ0v) is 17.4. The molecule has 0 aromatic carbocycles. The molecule has 0 unspecified atom stereocenters. The number of nitrogens with one attached hydrogen (secondary N) is 3. The van der Waals surface area contributed by atoms with E-state index < -0.39 is 0 Å². The number of ether oxygens (including phenoxy) is 1. The van der Waals surface area contributed by atoms with Gasteiger partial charge in [-0.15, -0.1) is 0 Å². The molecule has 0 heterocycles. The van der Waals surface area contributed by atoms with Crippen molar-refractivity contribution in [3.63, 3.8) is 0 Å². The van der Waals surface area contributed by atoms with Gasteiger partial charge in [0, 0.05) is 46.3 Å². The SMILES string of the molecule is CCNC(=NCC1(CCOC)CCC1)NCCNC(=O)CC1CCCCC1. The molecule has 3 N–H and O–H groups in total. The highest BCUT2D eigenvalue weighted by Crippen LogP contribution is 2.44. The molecule has 0 atom stereocenters. The first kappa shape index (κ1) is 22.0. The van der Waals surface area contributed by atoms with Crippen molar-refractivity contribution in [2.75, 3.05) is 39.9 Å². The number of carbonyl (C=O) groups is 1. The van der Waals surface area contributed by atoms with E-state index in [0.29, 0.717) is 30.8 Å². The molecule has 6 heteroatoms. The monoisotopic (exact) mass is 380 g/mol. The summed E-state index contributed by atoms with van der Waals surface area (Å²) in [4.78, 5) is 16.9. The molecule has 156 valence electrons. The molecule has 2 aliphatic rings. The van der Waals surface area contributed by atoms with E-state index in [0.717, 1.165) is 32.1 Å². The van der Waals surface area contributed by atoms with Crippen LogP contribution in [0.5, 0.6) is 0 Å². The highest BCUT2D eigenvalue weighted by molar-refractivity contribution is 5.80. The molecule has 0 aliphatic heterocycles. The number of carbonyl (C=O) groups excluding carboxylic acids is 1. The third kappa shape index (κ3) is 8.08. The van der Waals surface area contributed by atoms with Crippen molar-refractivity contribution in [3.05, 3.63) is 0 Å². The Hall–Kier alpha value is -1.30. The van der Waals surface area contributed by atoms with Crippen LogP contribution in [0.1, 0.15) is 71.1 Å². The van der Waals surface area contributed by atoms with Gasteiger partial charge in [-0.05, 0) is 50.4 Å². The molecular weight excluding hydrogens is 340 g/mol. The quantitative estimate of drug-likeness (QED) is 0.293. The average Bonchev–Trinajstić information content (AvgIpc) is 2.64. The van der Waals surface area contributed by atoms with Gasteiger partial charge in [0.2, 0.25) is 5.91 Å². The van der Waals surface area contributed by atoms with Crippen molar-refractivity contribution >= 4 is 11.9 Å². The third-order valence-corrected chi connectivity index (χ3v) is 6.11. The molecular formula is C21H40N4O2. The van der Waals surface area contributed by atoms with Gasteiger partial charge in [-0.2, -0.15) is 0 Å². The highest BCUT2D eigenvalue weighted by Gasteiger charge is 2.36. The van der Waals surface area contributed by atoms with Crippen molar-refractivity contribution in [2.24, 2.45) is 16.3 Å². The fraction of sp³-hybridized carbons (Fsp3) is 0.905. The predicted octanol–water partition coefficient (Wildman–Crippen LogP) is 2.83. The summed E-state index contributed by atoms with van der Waals surface area (Å²) in [6.07, 6.45) is 11.9. The van der Waals surface area contributed by atoms with Crippen molar-refractivity contribution in [1.29, 1.82) is 0 Å². The van der Waals surface area contributed by atoms with Crippen LogP contribution < -0.4 is 16.0 Å². The molecule has 2 saturated carbocycles. The van der Waals surface area contributed by atoms with E-state index in [1.54, 1.807) is 7.11 Å². The number of amides is 1. The first-order valence-corrected chi connectivity index (χ1v) is 11.0. The van der Waals surface area contributed by atoms with E-state index in [1.807, 2.05) is 0 Å². The largest absolute Gasteiger partial charge is 0.385 e. The van der Waals surface area contributed by atoms with E-state index in [1.165, 1.54) is 51.4 Å². The number of nitrogens with zero attached hydrogens (tertiary/aromatic N) is 1. The van der Waals surface area contributed by atoms with Gasteiger partial charge >= 0.3 is 0 Å². The zero-order chi connectivity index (χ0) is 19.4. The Bertz CT molecular complexity index is 457. The summed E-state index contributed by atoms with van der Waals surface area (Å²) in [5.74, 6) is 1.64. The Morgan fingerprint density at radius 3 is 2.44 bits per heavy atom. The molecule has 2 fully saturated rings. The maximum atomic E-state index is 12.1. The highest BCUT2D eigenvalue weighted by atomic mass is 16.5. The molecule has 0 saturated heterocycles. The lowest BCUT2D eigenvalue weighted by molar-refractivity contribution is -0.122. The average molecular weight is 381 g/mol. The first-order valence-electron chi connectivity index (χ1n) is 11.0. The van der Waals surface area contributed by atoms with Crippen LogP contribution in [-0.2, 0) is 9.53 Å². The molecule has 0 bridgehead atoms. The van der Waals surface area contributed by atoms with E-state index in [4.69, 9.17) is 9.73 Å². The number of guanidine groups is 1. The van der Waals surface area contributed by atoms with Gasteiger partial charge in [0.1, 0.15) is 0 Å². The van der Waals surface area contributed by atoms with Gasteiger partial charge in [0.25, 0.3) is 0 Å². The topological polar surface area (TPSA) is 74.8 Å². The number of hydrogen-bond acceptors (Lipinski definition) is 3. The van der Waals surface area contributed by atoms with E-state index in [-0.39, 0.29) is 5.91 Å². The second-order valence-electron chi connectivity index (χ2n) is 8.28. The van der Waals surface area contributed by atoms with Crippen molar-refractivity contribution in [3.8, 4) is 0 Å². The van der Waals surface area contributed by atoms with Gasteiger partial charge < -0.3 is 20.7 Å². The molecule has 0 spiro atoms. The van der Waals surface area contributed by atoms with Crippen LogP contribution in [0.15, 0.2) is 4.99 Å². The second-order valence-corrected chi connectivity index (χ2v) is 8.28. The van der Waals surface area contributed by atoms with Crippen LogP contribution in [0.3, 0.4) is 0 Å². The van der Waals surface area contributed by atoms with E-state index in [2.05, 4.69) is 22.9 Å². The normalized spacial score (nSPS) is 20.0. The Kier molecular flexibility index (Phi) is 9.95. The lowest BCUT2D eigenvalue weighted by Gasteiger charge is -2.40. The maximum absolute atomic E-state index is 12.1. The van der Waals surface area contributed by atoms with Crippen molar-refractivity contribution in [1.82, 2.24) is 16.0 Å². The number of rotatable bonds is 11.